The van der Waals surface area contributed by atoms with Crippen LogP contribution in [0.15, 0.2) is 28.7 Å². The number of amides is 2. The topological polar surface area (TPSA) is 75.4 Å². The Morgan fingerprint density at radius 1 is 1.24 bits per heavy atom. The van der Waals surface area contributed by atoms with Crippen molar-refractivity contribution in [3.63, 3.8) is 0 Å². The van der Waals surface area contributed by atoms with Crippen molar-refractivity contribution in [2.75, 3.05) is 18.0 Å². The lowest BCUT2D eigenvalue weighted by atomic mass is 9.79. The van der Waals surface area contributed by atoms with Gasteiger partial charge in [-0.3, -0.25) is 14.9 Å². The Balaban J connectivity index is 1.61. The third-order valence-corrected chi connectivity index (χ3v) is 4.47. The molecule has 2 aromatic rings. The van der Waals surface area contributed by atoms with E-state index in [-0.39, 0.29) is 11.8 Å². The van der Waals surface area contributed by atoms with E-state index < -0.39 is 5.41 Å². The van der Waals surface area contributed by atoms with Crippen molar-refractivity contribution in [1.82, 2.24) is 10.3 Å². The number of piperidine rings is 1. The Morgan fingerprint density at radius 3 is 2.90 bits per heavy atom. The molecule has 2 aliphatic rings. The molecule has 0 saturated carbocycles. The van der Waals surface area contributed by atoms with Gasteiger partial charge in [-0.2, -0.15) is 4.98 Å². The molecule has 4 rings (SSSR count). The minimum Gasteiger partial charge on any atom is -0.423 e. The number of nitrogens with zero attached hydrogens (tertiary/aromatic N) is 2. The first-order chi connectivity index (χ1) is 10.2. The lowest BCUT2D eigenvalue weighted by Crippen LogP contribution is -2.50. The van der Waals surface area contributed by atoms with Gasteiger partial charge in [0.1, 0.15) is 5.52 Å². The summed E-state index contributed by atoms with van der Waals surface area (Å²) in [6.45, 7) is 1.27. The van der Waals surface area contributed by atoms with Crippen LogP contribution in [0.1, 0.15) is 19.3 Å². The molecule has 21 heavy (non-hydrogen) atoms. The van der Waals surface area contributed by atoms with Crippen molar-refractivity contribution in [3.05, 3.63) is 24.3 Å². The summed E-state index contributed by atoms with van der Waals surface area (Å²) in [5.74, 6) is -0.330. The molecule has 1 atom stereocenters. The first kappa shape index (κ1) is 12.4. The van der Waals surface area contributed by atoms with Crippen LogP contribution in [0.25, 0.3) is 11.1 Å². The van der Waals surface area contributed by atoms with Gasteiger partial charge in [0.15, 0.2) is 5.58 Å². The first-order valence-electron chi connectivity index (χ1n) is 7.11. The van der Waals surface area contributed by atoms with Gasteiger partial charge in [0.2, 0.25) is 11.8 Å². The number of imide groups is 1. The van der Waals surface area contributed by atoms with E-state index in [1.165, 1.54) is 0 Å². The van der Waals surface area contributed by atoms with E-state index in [1.807, 2.05) is 29.2 Å². The van der Waals surface area contributed by atoms with Crippen LogP contribution in [0.2, 0.25) is 0 Å². The summed E-state index contributed by atoms with van der Waals surface area (Å²) < 4.78 is 5.76. The average Bonchev–Trinajstić information content (AvgIpc) is 3.08. The summed E-state index contributed by atoms with van der Waals surface area (Å²) in [5, 5.41) is 2.46. The Kier molecular flexibility index (Phi) is 2.54. The molecule has 1 spiro atoms. The van der Waals surface area contributed by atoms with Crippen molar-refractivity contribution in [3.8, 4) is 0 Å². The summed E-state index contributed by atoms with van der Waals surface area (Å²) in [6.07, 6.45) is 1.74. The van der Waals surface area contributed by atoms with Crippen LogP contribution in [-0.4, -0.2) is 29.9 Å². The summed E-state index contributed by atoms with van der Waals surface area (Å²) in [7, 11) is 0. The molecule has 0 bridgehead atoms. The molecule has 2 saturated heterocycles. The summed E-state index contributed by atoms with van der Waals surface area (Å²) >= 11 is 0. The fraction of sp³-hybridized carbons (Fsp3) is 0.400. The second kappa shape index (κ2) is 4.31. The molecule has 6 heteroatoms. The van der Waals surface area contributed by atoms with E-state index in [0.717, 1.165) is 17.5 Å². The van der Waals surface area contributed by atoms with Crippen LogP contribution in [0, 0.1) is 5.41 Å². The van der Waals surface area contributed by atoms with Gasteiger partial charge >= 0.3 is 0 Å². The number of carbonyl (C=O) groups excluding carboxylic acids is 2. The van der Waals surface area contributed by atoms with Crippen LogP contribution >= 0.6 is 0 Å². The lowest BCUT2D eigenvalue weighted by Gasteiger charge is -2.30. The monoisotopic (exact) mass is 285 g/mol. The molecule has 108 valence electrons. The quantitative estimate of drug-likeness (QED) is 0.803. The van der Waals surface area contributed by atoms with Crippen LogP contribution in [0.5, 0.6) is 0 Å². The third-order valence-electron chi connectivity index (χ3n) is 4.47. The molecule has 1 aromatic heterocycles. The number of aromatic nitrogens is 1. The molecular weight excluding hydrogens is 270 g/mol. The predicted molar refractivity (Wildman–Crippen MR) is 75.7 cm³/mol. The Labute approximate surface area is 121 Å². The smallest absolute Gasteiger partial charge is 0.298 e. The molecule has 1 N–H and O–H groups in total. The van der Waals surface area contributed by atoms with Crippen molar-refractivity contribution in [2.45, 2.75) is 19.3 Å². The molecule has 1 unspecified atom stereocenters. The van der Waals surface area contributed by atoms with Crippen LogP contribution in [0.4, 0.5) is 6.01 Å². The Morgan fingerprint density at radius 2 is 2.10 bits per heavy atom. The van der Waals surface area contributed by atoms with Gasteiger partial charge in [0.25, 0.3) is 6.01 Å². The summed E-state index contributed by atoms with van der Waals surface area (Å²) in [4.78, 5) is 29.9. The van der Waals surface area contributed by atoms with Gasteiger partial charge in [0.05, 0.1) is 5.41 Å². The minimum absolute atomic E-state index is 0.155. The van der Waals surface area contributed by atoms with Crippen LogP contribution < -0.4 is 10.2 Å². The van der Waals surface area contributed by atoms with Crippen LogP contribution in [0.3, 0.4) is 0 Å². The Bertz CT molecular complexity index is 706. The van der Waals surface area contributed by atoms with E-state index in [9.17, 15) is 9.59 Å². The van der Waals surface area contributed by atoms with Gasteiger partial charge in [0, 0.05) is 19.5 Å². The molecule has 2 amide bonds. The molecular formula is C15H15N3O3. The zero-order valence-electron chi connectivity index (χ0n) is 11.5. The Hall–Kier alpha value is -2.37. The van der Waals surface area contributed by atoms with E-state index >= 15 is 0 Å². The molecule has 1 aromatic carbocycles. The number of para-hydroxylation sites is 2. The second-order valence-electron chi connectivity index (χ2n) is 5.79. The predicted octanol–water partition coefficient (Wildman–Crippen LogP) is 1.46. The fourth-order valence-electron chi connectivity index (χ4n) is 3.21. The van der Waals surface area contributed by atoms with Crippen molar-refractivity contribution in [1.29, 1.82) is 0 Å². The number of anilines is 1. The molecule has 2 fully saturated rings. The highest BCUT2D eigenvalue weighted by atomic mass is 16.4. The van der Waals surface area contributed by atoms with Gasteiger partial charge in [-0.05, 0) is 25.0 Å². The van der Waals surface area contributed by atoms with Gasteiger partial charge < -0.3 is 9.32 Å². The number of rotatable bonds is 1. The maximum Gasteiger partial charge on any atom is 0.298 e. The number of hydrogen-bond donors (Lipinski definition) is 1. The summed E-state index contributed by atoms with van der Waals surface area (Å²) in [6, 6.07) is 8.16. The number of hydrogen-bond acceptors (Lipinski definition) is 5. The lowest BCUT2D eigenvalue weighted by molar-refractivity contribution is -0.140. The maximum atomic E-state index is 12.2. The molecule has 2 aliphatic heterocycles. The maximum absolute atomic E-state index is 12.2. The molecule has 0 aliphatic carbocycles. The molecule has 6 nitrogen and oxygen atoms in total. The second-order valence-corrected chi connectivity index (χ2v) is 5.79. The van der Waals surface area contributed by atoms with E-state index in [2.05, 4.69) is 10.3 Å². The minimum atomic E-state index is -0.478. The summed E-state index contributed by atoms with van der Waals surface area (Å²) in [5.41, 5.74) is 1.09. The fourth-order valence-corrected chi connectivity index (χ4v) is 3.21. The zero-order valence-corrected chi connectivity index (χ0v) is 11.5. The van der Waals surface area contributed by atoms with Crippen molar-refractivity contribution < 1.29 is 14.0 Å². The largest absolute Gasteiger partial charge is 0.423 e. The highest BCUT2D eigenvalue weighted by Crippen LogP contribution is 2.39. The number of fused-ring (bicyclic) bond motifs is 1. The van der Waals surface area contributed by atoms with Crippen molar-refractivity contribution >= 4 is 28.9 Å². The number of oxazole rings is 1. The number of carbonyl (C=O) groups is 2. The molecule has 0 radical (unpaired) electrons. The average molecular weight is 285 g/mol. The van der Waals surface area contributed by atoms with E-state index in [4.69, 9.17) is 4.42 Å². The normalized spacial score (nSPS) is 25.8. The number of nitrogens with one attached hydrogen (secondary N) is 1. The molecule has 3 heterocycles. The standard InChI is InChI=1S/C15H15N3O3/c19-12-5-6-15(13(20)17-12)7-8-18(9-15)14-16-10-3-1-2-4-11(10)21-14/h1-4H,5-9H2,(H,17,19,20). The third kappa shape index (κ3) is 1.90. The van der Waals surface area contributed by atoms with Crippen molar-refractivity contribution in [2.24, 2.45) is 5.41 Å². The van der Waals surface area contributed by atoms with Gasteiger partial charge in [-0.1, -0.05) is 12.1 Å². The van der Waals surface area contributed by atoms with Gasteiger partial charge in [-0.25, -0.2) is 0 Å². The number of benzene rings is 1. The SMILES string of the molecule is O=C1CCC2(CCN(c3nc4ccccc4o3)C2)C(=O)N1. The zero-order chi connectivity index (χ0) is 14.4. The highest BCUT2D eigenvalue weighted by Gasteiger charge is 2.48. The highest BCUT2D eigenvalue weighted by molar-refractivity contribution is 6.01. The van der Waals surface area contributed by atoms with Crippen LogP contribution in [-0.2, 0) is 9.59 Å². The van der Waals surface area contributed by atoms with E-state index in [0.29, 0.717) is 31.9 Å². The first-order valence-corrected chi connectivity index (χ1v) is 7.11. The van der Waals surface area contributed by atoms with Gasteiger partial charge in [-0.15, -0.1) is 0 Å². The van der Waals surface area contributed by atoms with E-state index in [1.54, 1.807) is 0 Å².